The molecule has 1 amide bonds. The first-order valence-electron chi connectivity index (χ1n) is 5.13. The highest BCUT2D eigenvalue weighted by Crippen LogP contribution is 2.16. The summed E-state index contributed by atoms with van der Waals surface area (Å²) in [5.74, 6) is 0.254. The van der Waals surface area contributed by atoms with Crippen molar-refractivity contribution in [3.63, 3.8) is 0 Å². The Balaban J connectivity index is 2.34. The fourth-order valence-corrected chi connectivity index (χ4v) is 1.86. The van der Waals surface area contributed by atoms with Crippen LogP contribution in [0.4, 0.5) is 0 Å². The Morgan fingerprint density at radius 2 is 2.19 bits per heavy atom. The van der Waals surface area contributed by atoms with E-state index in [4.69, 9.17) is 5.26 Å². The number of rotatable bonds is 5. The SMILES string of the molecule is CCC(C#N)NC(=O)CSc1ccccc1. The molecule has 0 saturated carbocycles. The molecule has 0 saturated heterocycles. The largest absolute Gasteiger partial charge is 0.340 e. The topological polar surface area (TPSA) is 52.9 Å². The van der Waals surface area contributed by atoms with Crippen molar-refractivity contribution in [3.05, 3.63) is 30.3 Å². The first-order chi connectivity index (χ1) is 7.76. The maximum absolute atomic E-state index is 11.5. The molecule has 0 aliphatic carbocycles. The molecule has 1 aromatic carbocycles. The minimum atomic E-state index is -0.371. The van der Waals surface area contributed by atoms with Gasteiger partial charge in [0.15, 0.2) is 0 Å². The van der Waals surface area contributed by atoms with Gasteiger partial charge in [0, 0.05) is 4.90 Å². The van der Waals surface area contributed by atoms with Crippen molar-refractivity contribution in [2.75, 3.05) is 5.75 Å². The number of thioether (sulfide) groups is 1. The lowest BCUT2D eigenvalue weighted by molar-refractivity contribution is -0.118. The van der Waals surface area contributed by atoms with Gasteiger partial charge in [-0.1, -0.05) is 25.1 Å². The molecule has 84 valence electrons. The van der Waals surface area contributed by atoms with Crippen LogP contribution in [0.15, 0.2) is 35.2 Å². The summed E-state index contributed by atoms with van der Waals surface area (Å²) >= 11 is 1.47. The molecule has 0 fully saturated rings. The van der Waals surface area contributed by atoms with Crippen molar-refractivity contribution in [2.45, 2.75) is 24.3 Å². The summed E-state index contributed by atoms with van der Waals surface area (Å²) in [6.45, 7) is 1.87. The Morgan fingerprint density at radius 1 is 1.50 bits per heavy atom. The summed E-state index contributed by atoms with van der Waals surface area (Å²) in [5, 5.41) is 11.4. The summed E-state index contributed by atoms with van der Waals surface area (Å²) < 4.78 is 0. The van der Waals surface area contributed by atoms with E-state index in [1.165, 1.54) is 11.8 Å². The van der Waals surface area contributed by atoms with Crippen molar-refractivity contribution in [1.82, 2.24) is 5.32 Å². The van der Waals surface area contributed by atoms with Crippen LogP contribution in [-0.2, 0) is 4.79 Å². The second-order valence-electron chi connectivity index (χ2n) is 3.26. The molecule has 0 aliphatic rings. The van der Waals surface area contributed by atoms with Crippen molar-refractivity contribution in [2.24, 2.45) is 0 Å². The highest BCUT2D eigenvalue weighted by Gasteiger charge is 2.08. The lowest BCUT2D eigenvalue weighted by Crippen LogP contribution is -2.34. The van der Waals surface area contributed by atoms with Crippen LogP contribution in [0.1, 0.15) is 13.3 Å². The summed E-state index contributed by atoms with van der Waals surface area (Å²) in [6.07, 6.45) is 0.637. The summed E-state index contributed by atoms with van der Waals surface area (Å²) in [6, 6.07) is 11.4. The number of nitriles is 1. The highest BCUT2D eigenvalue weighted by molar-refractivity contribution is 8.00. The molecule has 4 heteroatoms. The Kier molecular flexibility index (Phi) is 5.44. The molecule has 0 aliphatic heterocycles. The third kappa shape index (κ3) is 4.37. The number of carbonyl (C=O) groups excluding carboxylic acids is 1. The quantitative estimate of drug-likeness (QED) is 0.795. The van der Waals surface area contributed by atoms with Gasteiger partial charge in [-0.2, -0.15) is 5.26 Å². The van der Waals surface area contributed by atoms with Gasteiger partial charge in [0.25, 0.3) is 0 Å². The van der Waals surface area contributed by atoms with Crippen LogP contribution in [0.2, 0.25) is 0 Å². The normalized spacial score (nSPS) is 11.5. The van der Waals surface area contributed by atoms with E-state index in [0.717, 1.165) is 4.90 Å². The molecule has 0 bridgehead atoms. The van der Waals surface area contributed by atoms with Crippen LogP contribution >= 0.6 is 11.8 Å². The third-order valence-corrected chi connectivity index (χ3v) is 3.02. The van der Waals surface area contributed by atoms with Gasteiger partial charge in [-0.25, -0.2) is 0 Å². The molecule has 0 heterocycles. The number of nitrogens with one attached hydrogen (secondary N) is 1. The molecular formula is C12H14N2OS. The summed E-state index contributed by atoms with van der Waals surface area (Å²) in [5.41, 5.74) is 0. The number of nitrogens with zero attached hydrogens (tertiary/aromatic N) is 1. The minimum Gasteiger partial charge on any atom is -0.340 e. The third-order valence-electron chi connectivity index (χ3n) is 2.01. The number of amides is 1. The van der Waals surface area contributed by atoms with E-state index < -0.39 is 0 Å². The average molecular weight is 234 g/mol. The molecule has 1 rings (SSSR count). The van der Waals surface area contributed by atoms with E-state index in [1.54, 1.807) is 0 Å². The first kappa shape index (κ1) is 12.6. The van der Waals surface area contributed by atoms with Crippen molar-refractivity contribution in [1.29, 1.82) is 5.26 Å². The minimum absolute atomic E-state index is 0.0951. The van der Waals surface area contributed by atoms with Crippen LogP contribution in [0, 0.1) is 11.3 Å². The standard InChI is InChI=1S/C12H14N2OS/c1-2-10(8-13)14-12(15)9-16-11-6-4-3-5-7-11/h3-7,10H,2,9H2,1H3,(H,14,15). The molecule has 3 nitrogen and oxygen atoms in total. The molecule has 1 aromatic rings. The average Bonchev–Trinajstić information content (AvgIpc) is 2.34. The van der Waals surface area contributed by atoms with Gasteiger partial charge in [-0.15, -0.1) is 11.8 Å². The second kappa shape index (κ2) is 6.91. The van der Waals surface area contributed by atoms with Gasteiger partial charge < -0.3 is 5.32 Å². The maximum Gasteiger partial charge on any atom is 0.231 e. The molecule has 0 aromatic heterocycles. The molecule has 0 radical (unpaired) electrons. The molecule has 1 N–H and O–H groups in total. The Hall–Kier alpha value is -1.47. The fraction of sp³-hybridized carbons (Fsp3) is 0.333. The van der Waals surface area contributed by atoms with E-state index in [9.17, 15) is 4.79 Å². The first-order valence-corrected chi connectivity index (χ1v) is 6.11. The zero-order valence-electron chi connectivity index (χ0n) is 9.14. The van der Waals surface area contributed by atoms with Gasteiger partial charge >= 0.3 is 0 Å². The van der Waals surface area contributed by atoms with Gasteiger partial charge in [0.2, 0.25) is 5.91 Å². The highest BCUT2D eigenvalue weighted by atomic mass is 32.2. The van der Waals surface area contributed by atoms with Crippen LogP contribution in [0.3, 0.4) is 0 Å². The zero-order chi connectivity index (χ0) is 11.8. The molecule has 16 heavy (non-hydrogen) atoms. The Morgan fingerprint density at radius 3 is 2.75 bits per heavy atom. The van der Waals surface area contributed by atoms with Crippen LogP contribution in [0.25, 0.3) is 0 Å². The van der Waals surface area contributed by atoms with Gasteiger partial charge in [0.05, 0.1) is 11.8 Å². The Bertz CT molecular complexity index is 372. The fourth-order valence-electron chi connectivity index (χ4n) is 1.13. The monoisotopic (exact) mass is 234 g/mol. The predicted molar refractivity (Wildman–Crippen MR) is 65.0 cm³/mol. The predicted octanol–water partition coefficient (Wildman–Crippen LogP) is 2.20. The van der Waals surface area contributed by atoms with Gasteiger partial charge in [0.1, 0.15) is 6.04 Å². The van der Waals surface area contributed by atoms with Gasteiger partial charge in [-0.3, -0.25) is 4.79 Å². The molecule has 0 spiro atoms. The van der Waals surface area contributed by atoms with Crippen molar-refractivity contribution in [3.8, 4) is 6.07 Å². The number of hydrogen-bond donors (Lipinski definition) is 1. The second-order valence-corrected chi connectivity index (χ2v) is 4.31. The smallest absolute Gasteiger partial charge is 0.231 e. The van der Waals surface area contributed by atoms with E-state index in [2.05, 4.69) is 5.32 Å². The summed E-state index contributed by atoms with van der Waals surface area (Å²) in [7, 11) is 0. The van der Waals surface area contributed by atoms with Gasteiger partial charge in [-0.05, 0) is 18.6 Å². The maximum atomic E-state index is 11.5. The van der Waals surface area contributed by atoms with E-state index in [-0.39, 0.29) is 11.9 Å². The van der Waals surface area contributed by atoms with E-state index in [0.29, 0.717) is 12.2 Å². The lowest BCUT2D eigenvalue weighted by Gasteiger charge is -2.08. The van der Waals surface area contributed by atoms with Crippen molar-refractivity contribution >= 4 is 17.7 Å². The zero-order valence-corrected chi connectivity index (χ0v) is 9.96. The number of hydrogen-bond acceptors (Lipinski definition) is 3. The molecular weight excluding hydrogens is 220 g/mol. The van der Waals surface area contributed by atoms with Crippen LogP contribution in [-0.4, -0.2) is 17.7 Å². The van der Waals surface area contributed by atoms with Crippen molar-refractivity contribution < 1.29 is 4.79 Å². The van der Waals surface area contributed by atoms with E-state index >= 15 is 0 Å². The lowest BCUT2D eigenvalue weighted by atomic mass is 10.2. The number of carbonyl (C=O) groups is 1. The summed E-state index contributed by atoms with van der Waals surface area (Å²) in [4.78, 5) is 12.5. The molecule has 1 unspecified atom stereocenters. The Labute approximate surface area is 99.8 Å². The van der Waals surface area contributed by atoms with E-state index in [1.807, 2.05) is 43.3 Å². The number of benzene rings is 1. The van der Waals surface area contributed by atoms with Crippen LogP contribution < -0.4 is 5.32 Å². The van der Waals surface area contributed by atoms with Crippen LogP contribution in [0.5, 0.6) is 0 Å². The molecule has 1 atom stereocenters.